The lowest BCUT2D eigenvalue weighted by atomic mass is 10.2. The minimum absolute atomic E-state index is 0.0809. The van der Waals surface area contributed by atoms with Gasteiger partial charge in [0.05, 0.1) is 0 Å². The topological polar surface area (TPSA) is 92.1 Å². The number of sulfone groups is 1. The van der Waals surface area contributed by atoms with Gasteiger partial charge in [0.25, 0.3) is 0 Å². The van der Waals surface area contributed by atoms with E-state index in [0.29, 0.717) is 5.69 Å². The Bertz CT molecular complexity index is 482. The highest BCUT2D eigenvalue weighted by Crippen LogP contribution is 2.32. The van der Waals surface area contributed by atoms with Crippen molar-refractivity contribution in [1.82, 2.24) is 10.2 Å². The van der Waals surface area contributed by atoms with Crippen LogP contribution in [0.5, 0.6) is 0 Å². The number of nitrogens with zero attached hydrogens (tertiary/aromatic N) is 2. The molecule has 1 aromatic heterocycles. The predicted molar refractivity (Wildman–Crippen MR) is 68.9 cm³/mol. The highest BCUT2D eigenvalue weighted by Gasteiger charge is 2.27. The third-order valence-electron chi connectivity index (χ3n) is 2.48. The smallest absolute Gasteiger partial charge is 0.194 e. The fourth-order valence-corrected chi connectivity index (χ4v) is 2.73. The van der Waals surface area contributed by atoms with Crippen LogP contribution in [-0.4, -0.2) is 37.0 Å². The standard InChI is InChI=1S/C10H20N4O2S/c1-6(2)14(7(3)4)8-9(11)12-13-10(8)17(5,15)16/h6-7H,1-5H3,(H3,11,12,13). The Kier molecular flexibility index (Phi) is 3.71. The maximum atomic E-state index is 11.7. The monoisotopic (exact) mass is 260 g/mol. The number of H-pyrrole nitrogens is 1. The molecule has 0 radical (unpaired) electrons. The van der Waals surface area contributed by atoms with Crippen molar-refractivity contribution in [2.45, 2.75) is 44.8 Å². The van der Waals surface area contributed by atoms with Crippen molar-refractivity contribution in [3.63, 3.8) is 0 Å². The number of hydrogen-bond donors (Lipinski definition) is 2. The van der Waals surface area contributed by atoms with E-state index in [1.54, 1.807) is 0 Å². The highest BCUT2D eigenvalue weighted by molar-refractivity contribution is 7.90. The van der Waals surface area contributed by atoms with Gasteiger partial charge in [-0.3, -0.25) is 5.10 Å². The second-order valence-electron chi connectivity index (χ2n) is 4.65. The summed E-state index contributed by atoms with van der Waals surface area (Å²) < 4.78 is 23.3. The van der Waals surface area contributed by atoms with E-state index < -0.39 is 9.84 Å². The molecule has 0 unspecified atom stereocenters. The van der Waals surface area contributed by atoms with Gasteiger partial charge < -0.3 is 10.6 Å². The Morgan fingerprint density at radius 3 is 2.06 bits per heavy atom. The average Bonchev–Trinajstić information content (AvgIpc) is 2.46. The molecule has 0 amide bonds. The second-order valence-corrected chi connectivity index (χ2v) is 6.61. The molecule has 0 atom stereocenters. The number of nitrogen functional groups attached to an aromatic ring is 1. The largest absolute Gasteiger partial charge is 0.380 e. The molecule has 1 rings (SSSR count). The van der Waals surface area contributed by atoms with Gasteiger partial charge in [-0.05, 0) is 27.7 Å². The summed E-state index contributed by atoms with van der Waals surface area (Å²) in [6.45, 7) is 7.94. The van der Waals surface area contributed by atoms with Gasteiger partial charge in [-0.25, -0.2) is 8.42 Å². The van der Waals surface area contributed by atoms with Gasteiger partial charge >= 0.3 is 0 Å². The molecule has 98 valence electrons. The van der Waals surface area contributed by atoms with E-state index in [1.165, 1.54) is 0 Å². The van der Waals surface area contributed by atoms with E-state index in [9.17, 15) is 8.42 Å². The Morgan fingerprint density at radius 1 is 1.24 bits per heavy atom. The molecule has 0 bridgehead atoms. The van der Waals surface area contributed by atoms with Gasteiger partial charge in [-0.15, -0.1) is 0 Å². The molecule has 0 aliphatic rings. The second kappa shape index (κ2) is 4.56. The molecule has 7 heteroatoms. The Morgan fingerprint density at radius 2 is 1.71 bits per heavy atom. The van der Waals surface area contributed by atoms with Gasteiger partial charge in [-0.2, -0.15) is 5.10 Å². The van der Waals surface area contributed by atoms with Crippen molar-refractivity contribution >= 4 is 21.3 Å². The Labute approximate surface area is 102 Å². The highest BCUT2D eigenvalue weighted by atomic mass is 32.2. The number of hydrogen-bond acceptors (Lipinski definition) is 5. The molecule has 1 heterocycles. The summed E-state index contributed by atoms with van der Waals surface area (Å²) in [7, 11) is -3.36. The summed E-state index contributed by atoms with van der Waals surface area (Å²) in [4.78, 5) is 1.94. The van der Waals surface area contributed by atoms with E-state index in [2.05, 4.69) is 10.2 Å². The molecule has 1 aromatic rings. The summed E-state index contributed by atoms with van der Waals surface area (Å²) in [5.74, 6) is 0.216. The number of nitrogens with one attached hydrogen (secondary N) is 1. The summed E-state index contributed by atoms with van der Waals surface area (Å²) in [6.07, 6.45) is 1.14. The van der Waals surface area contributed by atoms with Crippen LogP contribution < -0.4 is 10.6 Å². The van der Waals surface area contributed by atoms with E-state index in [1.807, 2.05) is 32.6 Å². The van der Waals surface area contributed by atoms with Crippen LogP contribution in [0, 0.1) is 0 Å². The van der Waals surface area contributed by atoms with Crippen LogP contribution in [0.3, 0.4) is 0 Å². The first kappa shape index (κ1) is 13.8. The quantitative estimate of drug-likeness (QED) is 0.843. The normalized spacial score (nSPS) is 12.4. The first-order valence-electron chi connectivity index (χ1n) is 5.48. The van der Waals surface area contributed by atoms with E-state index in [-0.39, 0.29) is 22.9 Å². The van der Waals surface area contributed by atoms with Crippen LogP contribution in [0.15, 0.2) is 5.03 Å². The summed E-state index contributed by atoms with van der Waals surface area (Å²) >= 11 is 0. The van der Waals surface area contributed by atoms with Crippen molar-refractivity contribution in [1.29, 1.82) is 0 Å². The number of aromatic amines is 1. The fraction of sp³-hybridized carbons (Fsp3) is 0.700. The van der Waals surface area contributed by atoms with Crippen molar-refractivity contribution in [3.05, 3.63) is 0 Å². The van der Waals surface area contributed by atoms with Crippen molar-refractivity contribution in [3.8, 4) is 0 Å². The van der Waals surface area contributed by atoms with Crippen molar-refractivity contribution in [2.75, 3.05) is 16.9 Å². The molecule has 0 saturated carbocycles. The van der Waals surface area contributed by atoms with Crippen LogP contribution in [0.4, 0.5) is 11.5 Å². The number of anilines is 2. The first-order chi connectivity index (χ1) is 7.66. The molecule has 6 nitrogen and oxygen atoms in total. The molecule has 0 fully saturated rings. The van der Waals surface area contributed by atoms with Gasteiger partial charge in [0, 0.05) is 18.3 Å². The summed E-state index contributed by atoms with van der Waals surface area (Å²) in [5, 5.41) is 6.38. The molecule has 0 aliphatic heterocycles. The zero-order valence-corrected chi connectivity index (χ0v) is 11.7. The van der Waals surface area contributed by atoms with Crippen LogP contribution in [-0.2, 0) is 9.84 Å². The number of rotatable bonds is 4. The third-order valence-corrected chi connectivity index (χ3v) is 3.50. The van der Waals surface area contributed by atoms with E-state index in [0.717, 1.165) is 6.26 Å². The molecular formula is C10H20N4O2S. The van der Waals surface area contributed by atoms with Crippen LogP contribution in [0.2, 0.25) is 0 Å². The molecule has 0 aromatic carbocycles. The minimum atomic E-state index is -3.36. The predicted octanol–water partition coefficient (Wildman–Crippen LogP) is 1.02. The van der Waals surface area contributed by atoms with Gasteiger partial charge in [0.15, 0.2) is 20.7 Å². The molecular weight excluding hydrogens is 240 g/mol. The minimum Gasteiger partial charge on any atom is -0.380 e. The summed E-state index contributed by atoms with van der Waals surface area (Å²) in [6, 6.07) is 0.269. The van der Waals surface area contributed by atoms with E-state index in [4.69, 9.17) is 5.73 Å². The lowest BCUT2D eigenvalue weighted by Crippen LogP contribution is -2.38. The van der Waals surface area contributed by atoms with Gasteiger partial charge in [-0.1, -0.05) is 0 Å². The van der Waals surface area contributed by atoms with Crippen molar-refractivity contribution in [2.24, 2.45) is 0 Å². The number of aromatic nitrogens is 2. The molecule has 0 spiro atoms. The van der Waals surface area contributed by atoms with Crippen LogP contribution >= 0.6 is 0 Å². The third kappa shape index (κ3) is 2.71. The number of nitrogens with two attached hydrogens (primary N) is 1. The lowest BCUT2D eigenvalue weighted by Gasteiger charge is -2.32. The molecule has 0 saturated heterocycles. The Hall–Kier alpha value is -1.24. The zero-order chi connectivity index (χ0) is 13.4. The first-order valence-corrected chi connectivity index (χ1v) is 7.37. The van der Waals surface area contributed by atoms with Gasteiger partial charge in [0.1, 0.15) is 5.69 Å². The maximum Gasteiger partial charge on any atom is 0.194 e. The molecule has 0 aliphatic carbocycles. The fourth-order valence-electron chi connectivity index (χ4n) is 1.95. The van der Waals surface area contributed by atoms with Crippen LogP contribution in [0.25, 0.3) is 0 Å². The molecule has 3 N–H and O–H groups in total. The SMILES string of the molecule is CC(C)N(c1c(N)n[nH]c1S(C)(=O)=O)C(C)C. The van der Waals surface area contributed by atoms with E-state index >= 15 is 0 Å². The van der Waals surface area contributed by atoms with Gasteiger partial charge in [0.2, 0.25) is 0 Å². The maximum absolute atomic E-state index is 11.7. The summed E-state index contributed by atoms with van der Waals surface area (Å²) in [5.41, 5.74) is 6.24. The van der Waals surface area contributed by atoms with Crippen LogP contribution in [0.1, 0.15) is 27.7 Å². The Balaban J connectivity index is 3.43. The average molecular weight is 260 g/mol. The van der Waals surface area contributed by atoms with Crippen molar-refractivity contribution < 1.29 is 8.42 Å². The zero-order valence-electron chi connectivity index (χ0n) is 10.9. The molecule has 17 heavy (non-hydrogen) atoms. The lowest BCUT2D eigenvalue weighted by molar-refractivity contribution is 0.587.